The monoisotopic (exact) mass is 302 g/mol. The fourth-order valence-corrected chi connectivity index (χ4v) is 4.42. The van der Waals surface area contributed by atoms with E-state index in [0.717, 1.165) is 31.2 Å². The predicted octanol–water partition coefficient (Wildman–Crippen LogP) is 3.37. The highest BCUT2D eigenvalue weighted by Gasteiger charge is 2.22. The number of nitrogens with zero attached hydrogens (tertiary/aromatic N) is 1. The van der Waals surface area contributed by atoms with Gasteiger partial charge in [0.15, 0.2) is 5.15 Å². The molecule has 1 aromatic rings. The molecule has 1 aromatic heterocycles. The minimum absolute atomic E-state index is 0.178. The van der Waals surface area contributed by atoms with Gasteiger partial charge in [0.05, 0.1) is 11.4 Å². The third-order valence-corrected chi connectivity index (χ3v) is 5.26. The molecule has 0 aromatic carbocycles. The van der Waals surface area contributed by atoms with Gasteiger partial charge in [0.2, 0.25) is 10.0 Å². The van der Waals surface area contributed by atoms with Crippen molar-refractivity contribution in [3.8, 4) is 0 Å². The van der Waals surface area contributed by atoms with E-state index in [0.29, 0.717) is 5.69 Å². The van der Waals surface area contributed by atoms with Gasteiger partial charge in [-0.2, -0.15) is 0 Å². The fraction of sp³-hybridized carbons (Fsp3) is 0.615. The maximum Gasteiger partial charge on any atom is 0.233 e. The lowest BCUT2D eigenvalue weighted by molar-refractivity contribution is 0.385. The van der Waals surface area contributed by atoms with Crippen LogP contribution in [0.2, 0.25) is 5.15 Å². The zero-order valence-corrected chi connectivity index (χ0v) is 12.6. The number of rotatable bonds is 4. The summed E-state index contributed by atoms with van der Waals surface area (Å²) in [5.41, 5.74) is 1.19. The number of aryl methyl sites for hydroxylation is 1. The summed E-state index contributed by atoms with van der Waals surface area (Å²) >= 11 is 5.94. The van der Waals surface area contributed by atoms with Gasteiger partial charge < -0.3 is 0 Å². The average molecular weight is 303 g/mol. The molecule has 1 N–H and O–H groups in total. The van der Waals surface area contributed by atoms with E-state index in [9.17, 15) is 8.42 Å². The molecule has 0 spiro atoms. The molecule has 1 saturated carbocycles. The molecule has 1 fully saturated rings. The largest absolute Gasteiger partial charge is 0.280 e. The summed E-state index contributed by atoms with van der Waals surface area (Å²) in [6, 6.07) is 1.74. The Morgan fingerprint density at radius 1 is 1.37 bits per heavy atom. The van der Waals surface area contributed by atoms with Crippen molar-refractivity contribution in [1.29, 1.82) is 0 Å². The zero-order valence-electron chi connectivity index (χ0n) is 11.0. The summed E-state index contributed by atoms with van der Waals surface area (Å²) < 4.78 is 26.9. The SMILES string of the molecule is Cc1ccnc(Cl)c1NS(=O)(=O)CC1CCCCC1. The first kappa shape index (κ1) is 14.6. The third kappa shape index (κ3) is 4.08. The van der Waals surface area contributed by atoms with Gasteiger partial charge in [0, 0.05) is 6.20 Å². The highest BCUT2D eigenvalue weighted by Crippen LogP contribution is 2.27. The molecule has 0 bridgehead atoms. The molecule has 0 atom stereocenters. The van der Waals surface area contributed by atoms with Crippen LogP contribution in [0.1, 0.15) is 37.7 Å². The van der Waals surface area contributed by atoms with Gasteiger partial charge in [0.1, 0.15) is 0 Å². The van der Waals surface area contributed by atoms with Gasteiger partial charge in [-0.05, 0) is 37.3 Å². The molecule has 19 heavy (non-hydrogen) atoms. The van der Waals surface area contributed by atoms with Crippen LogP contribution in [-0.2, 0) is 10.0 Å². The van der Waals surface area contributed by atoms with E-state index in [1.165, 1.54) is 6.42 Å². The van der Waals surface area contributed by atoms with Crippen molar-refractivity contribution in [1.82, 2.24) is 4.98 Å². The summed E-state index contributed by atoms with van der Waals surface area (Å²) in [6.45, 7) is 1.81. The summed E-state index contributed by atoms with van der Waals surface area (Å²) in [5, 5.41) is 0.201. The second kappa shape index (κ2) is 6.09. The minimum Gasteiger partial charge on any atom is -0.280 e. The number of pyridine rings is 1. The lowest BCUT2D eigenvalue weighted by Gasteiger charge is -2.22. The van der Waals surface area contributed by atoms with Crippen LogP contribution in [-0.4, -0.2) is 19.2 Å². The molecule has 6 heteroatoms. The maximum atomic E-state index is 12.2. The highest BCUT2D eigenvalue weighted by molar-refractivity contribution is 7.92. The summed E-state index contributed by atoms with van der Waals surface area (Å²) in [6.07, 6.45) is 7.05. The number of sulfonamides is 1. The van der Waals surface area contributed by atoms with Crippen LogP contribution in [0.4, 0.5) is 5.69 Å². The van der Waals surface area contributed by atoms with Gasteiger partial charge >= 0.3 is 0 Å². The van der Waals surface area contributed by atoms with Crippen molar-refractivity contribution in [2.45, 2.75) is 39.0 Å². The second-order valence-electron chi connectivity index (χ2n) is 5.18. The van der Waals surface area contributed by atoms with Crippen molar-refractivity contribution in [3.63, 3.8) is 0 Å². The standard InChI is InChI=1S/C13H19ClN2O2S/c1-10-7-8-15-13(14)12(10)16-19(17,18)9-11-5-3-2-4-6-11/h7-8,11,16H,2-6,9H2,1H3. The van der Waals surface area contributed by atoms with Crippen LogP contribution < -0.4 is 4.72 Å². The van der Waals surface area contributed by atoms with E-state index in [1.807, 2.05) is 6.92 Å². The van der Waals surface area contributed by atoms with Crippen molar-refractivity contribution < 1.29 is 8.42 Å². The first-order valence-electron chi connectivity index (χ1n) is 6.59. The number of halogens is 1. The molecule has 1 aliphatic rings. The highest BCUT2D eigenvalue weighted by atomic mass is 35.5. The summed E-state index contributed by atoms with van der Waals surface area (Å²) in [5.74, 6) is 0.444. The Labute approximate surface area is 119 Å². The number of hydrogen-bond donors (Lipinski definition) is 1. The normalized spacial score (nSPS) is 17.4. The average Bonchev–Trinajstić information content (AvgIpc) is 2.35. The van der Waals surface area contributed by atoms with E-state index in [-0.39, 0.29) is 16.8 Å². The molecule has 0 amide bonds. The first-order valence-corrected chi connectivity index (χ1v) is 8.62. The van der Waals surface area contributed by atoms with Gasteiger partial charge in [-0.3, -0.25) is 4.72 Å². The quantitative estimate of drug-likeness (QED) is 0.868. The van der Waals surface area contributed by atoms with E-state index >= 15 is 0 Å². The Morgan fingerprint density at radius 3 is 2.68 bits per heavy atom. The van der Waals surface area contributed by atoms with Crippen LogP contribution in [0.3, 0.4) is 0 Å². The van der Waals surface area contributed by atoms with Crippen LogP contribution >= 0.6 is 11.6 Å². The number of hydrogen-bond acceptors (Lipinski definition) is 3. The van der Waals surface area contributed by atoms with Gasteiger partial charge in [-0.25, -0.2) is 13.4 Å². The molecule has 0 aliphatic heterocycles. The Balaban J connectivity index is 2.08. The van der Waals surface area contributed by atoms with E-state index in [1.54, 1.807) is 12.3 Å². The Kier molecular flexibility index (Phi) is 4.68. The van der Waals surface area contributed by atoms with Crippen LogP contribution in [0.15, 0.2) is 12.3 Å². The second-order valence-corrected chi connectivity index (χ2v) is 7.31. The van der Waals surface area contributed by atoms with Crippen molar-refractivity contribution in [3.05, 3.63) is 23.0 Å². The third-order valence-electron chi connectivity index (χ3n) is 3.55. The molecule has 0 unspecified atom stereocenters. The minimum atomic E-state index is -3.35. The fourth-order valence-electron chi connectivity index (χ4n) is 2.51. The van der Waals surface area contributed by atoms with Gasteiger partial charge in [-0.1, -0.05) is 30.9 Å². The summed E-state index contributed by atoms with van der Waals surface area (Å²) in [7, 11) is -3.35. The Hall–Kier alpha value is -0.810. The van der Waals surface area contributed by atoms with E-state index in [4.69, 9.17) is 11.6 Å². The van der Waals surface area contributed by atoms with E-state index in [2.05, 4.69) is 9.71 Å². The smallest absolute Gasteiger partial charge is 0.233 e. The van der Waals surface area contributed by atoms with Gasteiger partial charge in [0.25, 0.3) is 0 Å². The zero-order chi connectivity index (χ0) is 13.9. The molecule has 1 aliphatic carbocycles. The first-order chi connectivity index (χ1) is 8.98. The molecule has 2 rings (SSSR count). The molecule has 0 radical (unpaired) electrons. The molecular weight excluding hydrogens is 284 g/mol. The molecule has 4 nitrogen and oxygen atoms in total. The van der Waals surface area contributed by atoms with Crippen LogP contribution in [0, 0.1) is 12.8 Å². The molecule has 1 heterocycles. The number of aromatic nitrogens is 1. The van der Waals surface area contributed by atoms with Crippen LogP contribution in [0.25, 0.3) is 0 Å². The van der Waals surface area contributed by atoms with E-state index < -0.39 is 10.0 Å². The lowest BCUT2D eigenvalue weighted by atomic mass is 9.91. The van der Waals surface area contributed by atoms with Crippen molar-refractivity contribution in [2.24, 2.45) is 5.92 Å². The number of nitrogens with one attached hydrogen (secondary N) is 1. The predicted molar refractivity (Wildman–Crippen MR) is 78.0 cm³/mol. The lowest BCUT2D eigenvalue weighted by Crippen LogP contribution is -2.24. The maximum absolute atomic E-state index is 12.2. The molecular formula is C13H19ClN2O2S. The number of anilines is 1. The topological polar surface area (TPSA) is 59.1 Å². The van der Waals surface area contributed by atoms with Crippen LogP contribution in [0.5, 0.6) is 0 Å². The Bertz CT molecular complexity index is 519. The molecule has 106 valence electrons. The van der Waals surface area contributed by atoms with Crippen molar-refractivity contribution >= 4 is 27.3 Å². The van der Waals surface area contributed by atoms with Crippen molar-refractivity contribution in [2.75, 3.05) is 10.5 Å². The molecule has 0 saturated heterocycles. The van der Waals surface area contributed by atoms with Gasteiger partial charge in [-0.15, -0.1) is 0 Å². The Morgan fingerprint density at radius 2 is 2.05 bits per heavy atom. The summed E-state index contributed by atoms with van der Waals surface area (Å²) in [4.78, 5) is 3.91.